The molecule has 0 spiro atoms. The van der Waals surface area contributed by atoms with Crippen LogP contribution in [0.2, 0.25) is 0 Å². The minimum Gasteiger partial charge on any atom is -0.205 e. The second kappa shape index (κ2) is 8.16. The zero-order valence-electron chi connectivity index (χ0n) is 14.8. The molecule has 0 aliphatic heterocycles. The van der Waals surface area contributed by atoms with E-state index in [1.54, 1.807) is 35.6 Å². The summed E-state index contributed by atoms with van der Waals surface area (Å²) in [6.07, 6.45) is 3.63. The number of rotatable bonds is 4. The first-order valence-electron chi connectivity index (χ1n) is 8.90. The van der Waals surface area contributed by atoms with Crippen molar-refractivity contribution in [2.75, 3.05) is 0 Å². The average Bonchev–Trinajstić information content (AvgIpc) is 3.37. The van der Waals surface area contributed by atoms with Gasteiger partial charge in [-0.05, 0) is 91.5 Å². The number of nitrogens with zero attached hydrogens (tertiary/aromatic N) is 1. The molecule has 0 unspecified atom stereocenters. The highest BCUT2D eigenvalue weighted by Crippen LogP contribution is 2.37. The Hall–Kier alpha value is -2.64. The van der Waals surface area contributed by atoms with E-state index in [1.165, 1.54) is 29.9 Å². The molecule has 28 heavy (non-hydrogen) atoms. The Morgan fingerprint density at radius 2 is 1.71 bits per heavy atom. The number of halogens is 2. The summed E-state index contributed by atoms with van der Waals surface area (Å²) in [5, 5.41) is 2.28. The number of isothiocyanates is 1. The van der Waals surface area contributed by atoms with Gasteiger partial charge in [-0.15, -0.1) is 11.3 Å². The van der Waals surface area contributed by atoms with Crippen molar-refractivity contribution in [3.63, 3.8) is 0 Å². The van der Waals surface area contributed by atoms with Gasteiger partial charge in [0, 0.05) is 15.3 Å². The summed E-state index contributed by atoms with van der Waals surface area (Å²) < 4.78 is 29.0. The summed E-state index contributed by atoms with van der Waals surface area (Å²) in [5.41, 5.74) is 1.61. The molecule has 0 amide bonds. The molecule has 4 rings (SSSR count). The van der Waals surface area contributed by atoms with Gasteiger partial charge in [-0.2, -0.15) is 4.99 Å². The predicted molar refractivity (Wildman–Crippen MR) is 113 cm³/mol. The lowest BCUT2D eigenvalue weighted by atomic mass is 10.1. The minimum atomic E-state index is -0.651. The maximum absolute atomic E-state index is 14.5. The molecule has 2 aromatic carbocycles. The third-order valence-electron chi connectivity index (χ3n) is 4.55. The smallest absolute Gasteiger partial charge is 0.142 e. The third kappa shape index (κ3) is 4.43. The van der Waals surface area contributed by atoms with Crippen molar-refractivity contribution in [2.45, 2.75) is 19.3 Å². The predicted octanol–water partition coefficient (Wildman–Crippen LogP) is 6.78. The van der Waals surface area contributed by atoms with Crippen LogP contribution < -0.4 is 0 Å². The van der Waals surface area contributed by atoms with E-state index in [0.29, 0.717) is 16.8 Å². The minimum absolute atomic E-state index is 0.223. The van der Waals surface area contributed by atoms with Crippen LogP contribution in [0, 0.1) is 29.4 Å². The van der Waals surface area contributed by atoms with Gasteiger partial charge in [0.25, 0.3) is 0 Å². The molecule has 1 aliphatic rings. The molecule has 1 heterocycles. The lowest BCUT2D eigenvalue weighted by molar-refractivity contribution is 0.578. The van der Waals surface area contributed by atoms with E-state index in [2.05, 4.69) is 40.3 Å². The number of benzene rings is 2. The van der Waals surface area contributed by atoms with Crippen LogP contribution in [0.25, 0.3) is 10.4 Å². The Balaban J connectivity index is 1.57. The first-order valence-corrected chi connectivity index (χ1v) is 10.1. The van der Waals surface area contributed by atoms with E-state index in [1.807, 2.05) is 6.07 Å². The van der Waals surface area contributed by atoms with Gasteiger partial charge in [0.2, 0.25) is 0 Å². The molecular formula is C23H15F2NS2. The van der Waals surface area contributed by atoms with Crippen LogP contribution in [0.1, 0.15) is 28.8 Å². The highest BCUT2D eigenvalue weighted by Gasteiger charge is 2.22. The van der Waals surface area contributed by atoms with E-state index in [-0.39, 0.29) is 5.56 Å². The standard InChI is InChI=1S/C23H15F2NS2/c24-21-12-17(23-10-8-19(28-23)11-16-1-2-16)13-22(25)20(21)9-5-15-3-6-18(7-4-15)26-14-27/h3-4,6-8,10,12-13,16H,1-2,11H2. The Kier molecular flexibility index (Phi) is 5.45. The monoisotopic (exact) mass is 407 g/mol. The van der Waals surface area contributed by atoms with Crippen molar-refractivity contribution in [1.29, 1.82) is 0 Å². The molecule has 0 N–H and O–H groups in total. The summed E-state index contributed by atoms with van der Waals surface area (Å²) in [4.78, 5) is 6.00. The summed E-state index contributed by atoms with van der Waals surface area (Å²) in [5.74, 6) is 4.87. The molecule has 0 atom stereocenters. The van der Waals surface area contributed by atoms with E-state index in [0.717, 1.165) is 17.2 Å². The zero-order chi connectivity index (χ0) is 19.5. The number of hydrogen-bond donors (Lipinski definition) is 0. The molecule has 0 saturated heterocycles. The van der Waals surface area contributed by atoms with Gasteiger partial charge in [0.15, 0.2) is 0 Å². The van der Waals surface area contributed by atoms with Crippen LogP contribution in [0.5, 0.6) is 0 Å². The van der Waals surface area contributed by atoms with Crippen molar-refractivity contribution in [2.24, 2.45) is 10.9 Å². The van der Waals surface area contributed by atoms with Gasteiger partial charge in [0.1, 0.15) is 11.6 Å². The molecular weight excluding hydrogens is 392 g/mol. The van der Waals surface area contributed by atoms with Crippen LogP contribution in [0.3, 0.4) is 0 Å². The van der Waals surface area contributed by atoms with Gasteiger partial charge >= 0.3 is 0 Å². The lowest BCUT2D eigenvalue weighted by Gasteiger charge is -2.02. The molecule has 1 nitrogen and oxygen atoms in total. The zero-order valence-corrected chi connectivity index (χ0v) is 16.5. The third-order valence-corrected chi connectivity index (χ3v) is 5.80. The van der Waals surface area contributed by atoms with E-state index >= 15 is 0 Å². The van der Waals surface area contributed by atoms with Crippen LogP contribution in [0.15, 0.2) is 53.5 Å². The normalized spacial score (nSPS) is 12.8. The quantitative estimate of drug-likeness (QED) is 0.264. The van der Waals surface area contributed by atoms with Crippen LogP contribution in [-0.2, 0) is 6.42 Å². The highest BCUT2D eigenvalue weighted by molar-refractivity contribution is 7.78. The Morgan fingerprint density at radius 3 is 2.36 bits per heavy atom. The summed E-state index contributed by atoms with van der Waals surface area (Å²) >= 11 is 6.15. The first kappa shape index (κ1) is 18.7. The lowest BCUT2D eigenvalue weighted by Crippen LogP contribution is -1.91. The molecule has 0 bridgehead atoms. The number of hydrogen-bond acceptors (Lipinski definition) is 3. The van der Waals surface area contributed by atoms with Crippen molar-refractivity contribution >= 4 is 34.4 Å². The Bertz CT molecular complexity index is 1100. The highest BCUT2D eigenvalue weighted by atomic mass is 32.1. The van der Waals surface area contributed by atoms with Gasteiger partial charge < -0.3 is 0 Å². The first-order chi connectivity index (χ1) is 13.6. The van der Waals surface area contributed by atoms with Gasteiger partial charge in [-0.1, -0.05) is 11.8 Å². The number of aliphatic imine (C=N–C) groups is 1. The maximum atomic E-state index is 14.5. The van der Waals surface area contributed by atoms with Crippen LogP contribution in [0.4, 0.5) is 14.5 Å². The summed E-state index contributed by atoms with van der Waals surface area (Å²) in [6.45, 7) is 0. The van der Waals surface area contributed by atoms with Gasteiger partial charge in [0.05, 0.1) is 16.4 Å². The molecule has 5 heteroatoms. The molecule has 1 aromatic heterocycles. The van der Waals surface area contributed by atoms with Crippen molar-refractivity contribution in [1.82, 2.24) is 0 Å². The number of thiocarbonyl (C=S) groups is 1. The summed E-state index contributed by atoms with van der Waals surface area (Å²) in [7, 11) is 0. The van der Waals surface area contributed by atoms with Gasteiger partial charge in [-0.3, -0.25) is 0 Å². The fraction of sp³-hybridized carbons (Fsp3) is 0.174. The Morgan fingerprint density at radius 1 is 1.00 bits per heavy atom. The van der Waals surface area contributed by atoms with Crippen molar-refractivity contribution in [3.05, 3.63) is 76.2 Å². The molecule has 1 saturated carbocycles. The second-order valence-electron chi connectivity index (χ2n) is 6.73. The largest absolute Gasteiger partial charge is 0.205 e. The maximum Gasteiger partial charge on any atom is 0.142 e. The fourth-order valence-corrected chi connectivity index (χ4v) is 4.11. The Labute approximate surface area is 171 Å². The number of thiophene rings is 1. The average molecular weight is 408 g/mol. The van der Waals surface area contributed by atoms with Crippen LogP contribution >= 0.6 is 23.6 Å². The summed E-state index contributed by atoms with van der Waals surface area (Å²) in [6, 6.07) is 13.6. The SMILES string of the molecule is Fc1cc(-c2ccc(CC3CC3)s2)cc(F)c1C#Cc1ccc(N=C=S)cc1. The second-order valence-corrected chi connectivity index (χ2v) is 8.08. The molecule has 3 aromatic rings. The molecule has 0 radical (unpaired) electrons. The van der Waals surface area contributed by atoms with Gasteiger partial charge in [-0.25, -0.2) is 8.78 Å². The van der Waals surface area contributed by atoms with E-state index < -0.39 is 11.6 Å². The fourth-order valence-electron chi connectivity index (χ4n) is 2.89. The van der Waals surface area contributed by atoms with E-state index in [4.69, 9.17) is 0 Å². The van der Waals surface area contributed by atoms with E-state index in [9.17, 15) is 8.78 Å². The van der Waals surface area contributed by atoms with Crippen molar-refractivity contribution in [3.8, 4) is 22.3 Å². The molecule has 1 aliphatic carbocycles. The topological polar surface area (TPSA) is 12.4 Å². The van der Waals surface area contributed by atoms with Crippen LogP contribution in [-0.4, -0.2) is 5.16 Å². The molecule has 138 valence electrons. The molecule has 1 fully saturated rings. The van der Waals surface area contributed by atoms with Crippen molar-refractivity contribution < 1.29 is 8.78 Å².